The number of benzene rings is 2. The van der Waals surface area contributed by atoms with Gasteiger partial charge in [-0.2, -0.15) is 0 Å². The molecule has 9 heteroatoms. The molecule has 2 N–H and O–H groups in total. The summed E-state index contributed by atoms with van der Waals surface area (Å²) in [6.45, 7) is 3.60. The van der Waals surface area contributed by atoms with E-state index in [0.29, 0.717) is 15.7 Å². The normalized spacial score (nSPS) is 11.3. The van der Waals surface area contributed by atoms with Crippen LogP contribution in [-0.2, 0) is 10.3 Å². The van der Waals surface area contributed by atoms with Gasteiger partial charge >= 0.3 is 0 Å². The molecule has 0 spiro atoms. The summed E-state index contributed by atoms with van der Waals surface area (Å²) in [5, 5.41) is 16.7. The van der Waals surface area contributed by atoms with Gasteiger partial charge in [-0.1, -0.05) is 17.7 Å². The van der Waals surface area contributed by atoms with Gasteiger partial charge < -0.3 is 5.32 Å². The topological polar surface area (TPSA) is 84.3 Å². The number of nitro benzene ring substituents is 1. The number of hydrogen-bond acceptors (Lipinski definition) is 4. The van der Waals surface area contributed by atoms with E-state index >= 15 is 0 Å². The van der Waals surface area contributed by atoms with Crippen LogP contribution in [0.15, 0.2) is 40.9 Å². The van der Waals surface area contributed by atoms with E-state index in [1.165, 1.54) is 30.3 Å². The molecular weight excluding hydrogens is 429 g/mol. The maximum Gasteiger partial charge on any atom is 0.270 e. The molecule has 0 unspecified atom stereocenters. The molecule has 26 heavy (non-hydrogen) atoms. The molecule has 0 aliphatic rings. The van der Waals surface area contributed by atoms with Crippen LogP contribution in [0.5, 0.6) is 0 Å². The molecule has 138 valence electrons. The van der Waals surface area contributed by atoms with Gasteiger partial charge in [-0.05, 0) is 53.5 Å². The highest BCUT2D eigenvalue weighted by atomic mass is 79.9. The van der Waals surface area contributed by atoms with E-state index in [1.807, 2.05) is 13.8 Å². The van der Waals surface area contributed by atoms with E-state index in [-0.39, 0.29) is 23.2 Å². The van der Waals surface area contributed by atoms with Crippen molar-refractivity contribution < 1.29 is 14.1 Å². The number of anilines is 1. The maximum absolute atomic E-state index is 13.2. The average molecular weight is 445 g/mol. The van der Waals surface area contributed by atoms with E-state index in [4.69, 9.17) is 11.6 Å². The lowest BCUT2D eigenvalue weighted by molar-refractivity contribution is -0.384. The number of nitrogens with one attached hydrogen (secondary N) is 2. The molecule has 0 atom stereocenters. The van der Waals surface area contributed by atoms with Gasteiger partial charge in [0.1, 0.15) is 5.82 Å². The number of amides is 1. The van der Waals surface area contributed by atoms with Crippen LogP contribution in [0.2, 0.25) is 5.02 Å². The Kier molecular flexibility index (Phi) is 6.33. The molecule has 2 aromatic rings. The summed E-state index contributed by atoms with van der Waals surface area (Å²) in [5.41, 5.74) is 0.319. The third-order valence-corrected chi connectivity index (χ3v) is 4.70. The monoisotopic (exact) mass is 443 g/mol. The van der Waals surface area contributed by atoms with Gasteiger partial charge in [-0.3, -0.25) is 20.2 Å². The fourth-order valence-corrected chi connectivity index (χ4v) is 3.18. The minimum absolute atomic E-state index is 0.0376. The lowest BCUT2D eigenvalue weighted by atomic mass is 9.94. The summed E-state index contributed by atoms with van der Waals surface area (Å²) in [6, 6.07) is 8.14. The Balaban J connectivity index is 2.03. The van der Waals surface area contributed by atoms with Crippen LogP contribution in [0.1, 0.15) is 19.4 Å². The highest BCUT2D eigenvalue weighted by Gasteiger charge is 2.24. The second-order valence-corrected chi connectivity index (χ2v) is 7.33. The molecule has 0 radical (unpaired) electrons. The van der Waals surface area contributed by atoms with Gasteiger partial charge in [0.15, 0.2) is 0 Å². The van der Waals surface area contributed by atoms with Gasteiger partial charge in [0.2, 0.25) is 5.91 Å². The predicted molar refractivity (Wildman–Crippen MR) is 102 cm³/mol. The van der Waals surface area contributed by atoms with Crippen molar-refractivity contribution in [2.45, 2.75) is 19.4 Å². The van der Waals surface area contributed by atoms with Gasteiger partial charge in [0.25, 0.3) is 5.69 Å². The number of hydrogen-bond donors (Lipinski definition) is 2. The molecule has 0 aliphatic heterocycles. The van der Waals surface area contributed by atoms with E-state index in [2.05, 4.69) is 26.6 Å². The molecule has 0 heterocycles. The fourth-order valence-electron chi connectivity index (χ4n) is 2.31. The number of halogens is 3. The van der Waals surface area contributed by atoms with Crippen molar-refractivity contribution >= 4 is 44.8 Å². The average Bonchev–Trinajstić information content (AvgIpc) is 2.54. The SMILES string of the molecule is CC(C)(NCC(=O)Nc1ccc([N+](=O)[O-])cc1Br)c1ccc(F)cc1Cl. The summed E-state index contributed by atoms with van der Waals surface area (Å²) < 4.78 is 13.6. The minimum Gasteiger partial charge on any atom is -0.324 e. The van der Waals surface area contributed by atoms with E-state index in [9.17, 15) is 19.3 Å². The Morgan fingerprint density at radius 1 is 1.31 bits per heavy atom. The van der Waals surface area contributed by atoms with E-state index in [0.717, 1.165) is 0 Å². The van der Waals surface area contributed by atoms with E-state index in [1.54, 1.807) is 6.07 Å². The number of carbonyl (C=O) groups excluding carboxylic acids is 1. The fraction of sp³-hybridized carbons (Fsp3) is 0.235. The van der Waals surface area contributed by atoms with Crippen LogP contribution < -0.4 is 10.6 Å². The standard InChI is InChI=1S/C17H16BrClFN3O3/c1-17(2,12-5-3-10(20)7-14(12)19)21-9-16(24)22-15-6-4-11(23(25)26)8-13(15)18/h3-8,21H,9H2,1-2H3,(H,22,24). The molecule has 2 aromatic carbocycles. The first kappa shape index (κ1) is 20.3. The lowest BCUT2D eigenvalue weighted by Gasteiger charge is -2.27. The lowest BCUT2D eigenvalue weighted by Crippen LogP contribution is -2.41. The third kappa shape index (κ3) is 5.00. The first-order valence-electron chi connectivity index (χ1n) is 7.54. The van der Waals surface area contributed by atoms with Gasteiger partial charge in [-0.25, -0.2) is 4.39 Å². The van der Waals surface area contributed by atoms with Crippen molar-refractivity contribution in [3.63, 3.8) is 0 Å². The summed E-state index contributed by atoms with van der Waals surface area (Å²) in [4.78, 5) is 22.4. The van der Waals surface area contributed by atoms with Gasteiger partial charge in [0, 0.05) is 27.2 Å². The van der Waals surface area contributed by atoms with Gasteiger partial charge in [-0.15, -0.1) is 0 Å². The zero-order valence-electron chi connectivity index (χ0n) is 14.0. The molecule has 1 amide bonds. The van der Waals surface area contributed by atoms with Crippen molar-refractivity contribution in [1.82, 2.24) is 5.32 Å². The summed E-state index contributed by atoms with van der Waals surface area (Å²) in [6.07, 6.45) is 0. The third-order valence-electron chi connectivity index (χ3n) is 3.73. The van der Waals surface area contributed by atoms with Crippen molar-refractivity contribution in [2.75, 3.05) is 11.9 Å². The Labute approximate surface area is 163 Å². The maximum atomic E-state index is 13.2. The quantitative estimate of drug-likeness (QED) is 0.503. The van der Waals surface area contributed by atoms with E-state index < -0.39 is 16.3 Å². The summed E-state index contributed by atoms with van der Waals surface area (Å²) in [5.74, 6) is -0.777. The number of carbonyl (C=O) groups is 1. The van der Waals surface area contributed by atoms with Gasteiger partial charge in [0.05, 0.1) is 17.2 Å². The van der Waals surface area contributed by atoms with Crippen LogP contribution in [0.4, 0.5) is 15.8 Å². The summed E-state index contributed by atoms with van der Waals surface area (Å²) >= 11 is 9.27. The van der Waals surface area contributed by atoms with Crippen LogP contribution >= 0.6 is 27.5 Å². The molecule has 0 fully saturated rings. The molecule has 6 nitrogen and oxygen atoms in total. The van der Waals surface area contributed by atoms with Crippen LogP contribution in [-0.4, -0.2) is 17.4 Å². The second kappa shape index (κ2) is 8.11. The number of nitro groups is 1. The molecule has 0 aromatic heterocycles. The molecule has 0 aliphatic carbocycles. The Morgan fingerprint density at radius 3 is 2.58 bits per heavy atom. The van der Waals surface area contributed by atoms with Crippen LogP contribution in [0.25, 0.3) is 0 Å². The zero-order chi connectivity index (χ0) is 19.5. The first-order valence-corrected chi connectivity index (χ1v) is 8.71. The van der Waals surface area contributed by atoms with Crippen molar-refractivity contribution in [2.24, 2.45) is 0 Å². The molecule has 0 bridgehead atoms. The first-order chi connectivity index (χ1) is 12.1. The Morgan fingerprint density at radius 2 is 2.00 bits per heavy atom. The molecular formula is C17H16BrClFN3O3. The smallest absolute Gasteiger partial charge is 0.270 e. The molecule has 0 saturated heterocycles. The van der Waals surface area contributed by atoms with Crippen LogP contribution in [0.3, 0.4) is 0 Å². The number of non-ortho nitro benzene ring substituents is 1. The van der Waals surface area contributed by atoms with Crippen LogP contribution in [0, 0.1) is 15.9 Å². The Bertz CT molecular complexity index is 861. The van der Waals surface area contributed by atoms with Crippen molar-refractivity contribution in [3.05, 3.63) is 67.4 Å². The number of nitrogens with zero attached hydrogens (tertiary/aromatic N) is 1. The molecule has 2 rings (SSSR count). The second-order valence-electron chi connectivity index (χ2n) is 6.07. The largest absolute Gasteiger partial charge is 0.324 e. The van der Waals surface area contributed by atoms with Crippen molar-refractivity contribution in [3.8, 4) is 0 Å². The zero-order valence-corrected chi connectivity index (χ0v) is 16.3. The highest BCUT2D eigenvalue weighted by Crippen LogP contribution is 2.29. The Hall–Kier alpha value is -2.03. The predicted octanol–water partition coefficient (Wildman–Crippen LogP) is 4.61. The highest BCUT2D eigenvalue weighted by molar-refractivity contribution is 9.10. The number of rotatable bonds is 6. The molecule has 0 saturated carbocycles. The summed E-state index contributed by atoms with van der Waals surface area (Å²) in [7, 11) is 0. The van der Waals surface area contributed by atoms with Crippen molar-refractivity contribution in [1.29, 1.82) is 0 Å². The minimum atomic E-state index is -0.672.